The Hall–Kier alpha value is -3.19. The lowest BCUT2D eigenvalue weighted by atomic mass is 9.81. The van der Waals surface area contributed by atoms with Gasteiger partial charge in [-0.1, -0.05) is 61.5 Å². The predicted molar refractivity (Wildman–Crippen MR) is 112 cm³/mol. The van der Waals surface area contributed by atoms with Crippen molar-refractivity contribution < 1.29 is 13.7 Å². The van der Waals surface area contributed by atoms with Gasteiger partial charge in [-0.25, -0.2) is 4.39 Å². The van der Waals surface area contributed by atoms with E-state index in [-0.39, 0.29) is 11.8 Å². The van der Waals surface area contributed by atoms with Crippen molar-refractivity contribution in [1.29, 1.82) is 5.41 Å². The van der Waals surface area contributed by atoms with E-state index in [2.05, 4.69) is 15.8 Å². The molecule has 0 fully saturated rings. The summed E-state index contributed by atoms with van der Waals surface area (Å²) in [6.07, 6.45) is 0. The molecule has 3 rings (SSSR count). The normalized spacial score (nSPS) is 11.3. The lowest BCUT2D eigenvalue weighted by Crippen LogP contribution is -2.32. The number of halogens is 1. The molecule has 0 spiro atoms. The van der Waals surface area contributed by atoms with Crippen molar-refractivity contribution in [1.82, 2.24) is 10.5 Å². The lowest BCUT2D eigenvalue weighted by molar-refractivity contribution is 0.204. The summed E-state index contributed by atoms with van der Waals surface area (Å²) in [6, 6.07) is 16.3. The number of methoxy groups -OCH3 is 1. The topological polar surface area (TPSA) is 83.2 Å². The van der Waals surface area contributed by atoms with E-state index < -0.39 is 5.41 Å². The van der Waals surface area contributed by atoms with E-state index in [1.165, 1.54) is 6.07 Å². The van der Waals surface area contributed by atoms with E-state index >= 15 is 0 Å². The Morgan fingerprint density at radius 3 is 2.59 bits per heavy atom. The summed E-state index contributed by atoms with van der Waals surface area (Å²) in [7, 11) is 1.60. The molecule has 3 aromatic rings. The van der Waals surface area contributed by atoms with Crippen molar-refractivity contribution in [2.24, 2.45) is 0 Å². The van der Waals surface area contributed by atoms with E-state index in [0.29, 0.717) is 24.6 Å². The Morgan fingerprint density at radius 2 is 1.90 bits per heavy atom. The van der Waals surface area contributed by atoms with Crippen molar-refractivity contribution in [2.45, 2.75) is 19.3 Å². The summed E-state index contributed by atoms with van der Waals surface area (Å²) in [4.78, 5) is 0. The van der Waals surface area contributed by atoms with Crippen LogP contribution in [0.5, 0.6) is 0 Å². The largest absolute Gasteiger partial charge is 0.383 e. The van der Waals surface area contributed by atoms with Crippen molar-refractivity contribution >= 4 is 11.8 Å². The smallest absolute Gasteiger partial charge is 0.231 e. The molecule has 0 aliphatic carbocycles. The van der Waals surface area contributed by atoms with Crippen LogP contribution in [0.4, 0.5) is 10.3 Å². The molecule has 0 saturated heterocycles. The molecule has 6 nitrogen and oxygen atoms in total. The molecule has 0 aliphatic rings. The van der Waals surface area contributed by atoms with Gasteiger partial charge in [0.15, 0.2) is 5.96 Å². The van der Waals surface area contributed by atoms with Gasteiger partial charge in [0.2, 0.25) is 5.88 Å². The number of nitrogens with one attached hydrogen (secondary N) is 3. The second-order valence-electron chi connectivity index (χ2n) is 7.18. The summed E-state index contributed by atoms with van der Waals surface area (Å²) in [5.74, 6) is 0.246. The molecule has 1 aromatic heterocycles. The monoisotopic (exact) mass is 396 g/mol. The van der Waals surface area contributed by atoms with Crippen LogP contribution in [0.3, 0.4) is 0 Å². The predicted octanol–water partition coefficient (Wildman–Crippen LogP) is 4.39. The van der Waals surface area contributed by atoms with Crippen molar-refractivity contribution in [3.8, 4) is 11.1 Å². The van der Waals surface area contributed by atoms with Gasteiger partial charge in [-0.3, -0.25) is 10.7 Å². The first kappa shape index (κ1) is 20.5. The fraction of sp³-hybridized carbons (Fsp3) is 0.273. The summed E-state index contributed by atoms with van der Waals surface area (Å²) < 4.78 is 24.3. The molecule has 29 heavy (non-hydrogen) atoms. The van der Waals surface area contributed by atoms with Gasteiger partial charge < -0.3 is 14.6 Å². The molecule has 0 saturated carbocycles. The Morgan fingerprint density at radius 1 is 1.17 bits per heavy atom. The van der Waals surface area contributed by atoms with Crippen molar-refractivity contribution in [2.75, 3.05) is 25.6 Å². The van der Waals surface area contributed by atoms with E-state index in [9.17, 15) is 4.39 Å². The lowest BCUT2D eigenvalue weighted by Gasteiger charge is -2.22. The zero-order valence-corrected chi connectivity index (χ0v) is 16.8. The maximum Gasteiger partial charge on any atom is 0.231 e. The molecular formula is C22H25FN4O2. The van der Waals surface area contributed by atoms with E-state index in [1.54, 1.807) is 25.3 Å². The fourth-order valence-corrected chi connectivity index (χ4v) is 2.98. The molecule has 0 unspecified atom stereocenters. The zero-order valence-electron chi connectivity index (χ0n) is 16.8. The van der Waals surface area contributed by atoms with Gasteiger partial charge in [0.05, 0.1) is 12.3 Å². The Bertz CT molecular complexity index is 967. The van der Waals surface area contributed by atoms with E-state index in [0.717, 1.165) is 16.8 Å². The van der Waals surface area contributed by atoms with Crippen LogP contribution in [0.15, 0.2) is 59.1 Å². The van der Waals surface area contributed by atoms with Gasteiger partial charge >= 0.3 is 0 Å². The molecule has 2 aromatic carbocycles. The summed E-state index contributed by atoms with van der Waals surface area (Å²) >= 11 is 0. The van der Waals surface area contributed by atoms with Crippen LogP contribution in [-0.4, -0.2) is 31.4 Å². The number of guanidine groups is 1. The molecule has 1 heterocycles. The number of benzene rings is 2. The molecule has 0 amide bonds. The summed E-state index contributed by atoms with van der Waals surface area (Å²) in [6.45, 7) is 5.09. The van der Waals surface area contributed by atoms with Crippen molar-refractivity contribution in [3.63, 3.8) is 0 Å². The zero-order chi connectivity index (χ0) is 20.9. The average Bonchev–Trinajstić information content (AvgIpc) is 3.18. The molecule has 152 valence electrons. The van der Waals surface area contributed by atoms with Gasteiger partial charge in [-0.15, -0.1) is 0 Å². The Labute approximate surface area is 169 Å². The molecule has 3 N–H and O–H groups in total. The van der Waals surface area contributed by atoms with Crippen molar-refractivity contribution in [3.05, 3.63) is 71.7 Å². The first-order valence-corrected chi connectivity index (χ1v) is 9.33. The van der Waals surface area contributed by atoms with Crippen LogP contribution in [0.25, 0.3) is 11.1 Å². The summed E-state index contributed by atoms with van der Waals surface area (Å²) in [5, 5.41) is 17.7. The minimum Gasteiger partial charge on any atom is -0.383 e. The standard InChI is InChI=1S/C22H25FN4O2/c1-22(2,19-14-20(29-27-19)26-21(24)25-12-13-28-3)16-10-8-15(9-11-16)17-6-4-5-7-18(17)23/h4-11,14H,12-13H2,1-3H3,(H3,24,25,26). The van der Waals surface area contributed by atoms with Crippen LogP contribution >= 0.6 is 0 Å². The minimum atomic E-state index is -0.428. The molecule has 0 radical (unpaired) electrons. The summed E-state index contributed by atoms with van der Waals surface area (Å²) in [5.41, 5.74) is 2.71. The third-order valence-corrected chi connectivity index (χ3v) is 4.80. The van der Waals surface area contributed by atoms with Crippen LogP contribution in [0.2, 0.25) is 0 Å². The van der Waals surface area contributed by atoms with Gasteiger partial charge in [0.25, 0.3) is 0 Å². The molecule has 0 atom stereocenters. The molecular weight excluding hydrogens is 371 g/mol. The number of aromatic nitrogens is 1. The van der Waals surface area contributed by atoms with Crippen LogP contribution in [-0.2, 0) is 10.2 Å². The maximum atomic E-state index is 14.0. The van der Waals surface area contributed by atoms with E-state index in [4.69, 9.17) is 14.7 Å². The number of ether oxygens (including phenoxy) is 1. The SMILES string of the molecule is COCCNC(=N)Nc1cc(C(C)(C)c2ccc(-c3ccccc3F)cc2)no1. The highest BCUT2D eigenvalue weighted by Crippen LogP contribution is 2.33. The first-order valence-electron chi connectivity index (χ1n) is 9.33. The Balaban J connectivity index is 1.73. The van der Waals surface area contributed by atoms with E-state index in [1.807, 2.05) is 44.2 Å². The van der Waals surface area contributed by atoms with Gasteiger partial charge in [0.1, 0.15) is 5.82 Å². The van der Waals surface area contributed by atoms with Crippen LogP contribution < -0.4 is 10.6 Å². The van der Waals surface area contributed by atoms with Gasteiger partial charge in [-0.2, -0.15) is 0 Å². The second-order valence-corrected chi connectivity index (χ2v) is 7.18. The average molecular weight is 396 g/mol. The molecule has 0 aliphatic heterocycles. The number of hydrogen-bond donors (Lipinski definition) is 3. The number of rotatable bonds is 7. The first-order chi connectivity index (χ1) is 13.9. The quantitative estimate of drug-likeness (QED) is 0.313. The highest BCUT2D eigenvalue weighted by molar-refractivity contribution is 5.89. The minimum absolute atomic E-state index is 0.108. The number of anilines is 1. The highest BCUT2D eigenvalue weighted by Gasteiger charge is 2.27. The third-order valence-electron chi connectivity index (χ3n) is 4.80. The van der Waals surface area contributed by atoms with Gasteiger partial charge in [-0.05, 0) is 17.2 Å². The van der Waals surface area contributed by atoms with Crippen LogP contribution in [0, 0.1) is 11.2 Å². The Kier molecular flexibility index (Phi) is 6.29. The van der Waals surface area contributed by atoms with Gasteiger partial charge in [0, 0.05) is 30.7 Å². The van der Waals surface area contributed by atoms with Crippen LogP contribution in [0.1, 0.15) is 25.1 Å². The molecule has 7 heteroatoms. The fourth-order valence-electron chi connectivity index (χ4n) is 2.98. The number of nitrogens with zero attached hydrogens (tertiary/aromatic N) is 1. The second kappa shape index (κ2) is 8.87. The third kappa shape index (κ3) is 4.81. The molecule has 0 bridgehead atoms. The maximum absolute atomic E-state index is 14.0. The number of hydrogen-bond acceptors (Lipinski definition) is 4. The highest BCUT2D eigenvalue weighted by atomic mass is 19.1.